The smallest absolute Gasteiger partial charge is 0.410 e. The Balaban J connectivity index is 1.28. The number of anilines is 1. The number of piperazine rings is 1. The van der Waals surface area contributed by atoms with E-state index in [0.717, 1.165) is 22.6 Å². The molecule has 3 aliphatic heterocycles. The minimum Gasteiger partial charge on any atom is -0.486 e. The minimum absolute atomic E-state index is 0.0841. The van der Waals surface area contributed by atoms with Crippen LogP contribution in [0.15, 0.2) is 58.5 Å². The third-order valence-corrected chi connectivity index (χ3v) is 7.27. The van der Waals surface area contributed by atoms with Crippen molar-refractivity contribution in [3.05, 3.63) is 59.6 Å². The molecule has 0 N–H and O–H groups in total. The summed E-state index contributed by atoms with van der Waals surface area (Å²) in [4.78, 5) is 26.0. The zero-order valence-corrected chi connectivity index (χ0v) is 21.3. The van der Waals surface area contributed by atoms with Crippen molar-refractivity contribution in [1.82, 2.24) is 14.9 Å². The monoisotopic (exact) mass is 504 g/mol. The maximum atomic E-state index is 12.7. The lowest BCUT2D eigenvalue weighted by Crippen LogP contribution is -2.70. The van der Waals surface area contributed by atoms with E-state index in [9.17, 15) is 4.79 Å². The lowest BCUT2D eigenvalue weighted by Gasteiger charge is -2.55. The second kappa shape index (κ2) is 8.81. The van der Waals surface area contributed by atoms with Crippen molar-refractivity contribution in [2.24, 2.45) is 0 Å². The molecule has 9 heteroatoms. The Hall–Kier alpha value is -3.59. The predicted octanol–water partition coefficient (Wildman–Crippen LogP) is 5.73. The molecule has 4 aromatic rings. The van der Waals surface area contributed by atoms with Gasteiger partial charge in [0, 0.05) is 24.7 Å². The lowest BCUT2D eigenvalue weighted by atomic mass is 9.88. The first-order valence-corrected chi connectivity index (χ1v) is 13.0. The highest BCUT2D eigenvalue weighted by atomic mass is 32.1. The first-order chi connectivity index (χ1) is 17.4. The van der Waals surface area contributed by atoms with Gasteiger partial charge in [0.25, 0.3) is 6.01 Å². The Morgan fingerprint density at radius 1 is 1.14 bits per heavy atom. The summed E-state index contributed by atoms with van der Waals surface area (Å²) in [5.41, 5.74) is 2.80. The van der Waals surface area contributed by atoms with E-state index >= 15 is 0 Å². The molecular formula is C27H28N4O4S. The van der Waals surface area contributed by atoms with Gasteiger partial charge in [-0.2, -0.15) is 4.98 Å². The van der Waals surface area contributed by atoms with Gasteiger partial charge in [-0.1, -0.05) is 30.3 Å². The standard InChI is InChI=1S/C27H28N4O4S/c1-27(2,3)35-26(32)31-18-13-19(31)15-30(14-18)25-29-22-21(33-16-17-7-5-4-6-8-17)10-9-20(23(22)34-25)24-28-11-12-36-24/h4-12,18-19H,13-16H2,1-3H3. The second-order valence-electron chi connectivity index (χ2n) is 10.2. The first-order valence-electron chi connectivity index (χ1n) is 12.1. The van der Waals surface area contributed by atoms with Crippen LogP contribution in [-0.4, -0.2) is 51.7 Å². The summed E-state index contributed by atoms with van der Waals surface area (Å²) >= 11 is 1.56. The van der Waals surface area contributed by atoms with E-state index < -0.39 is 5.60 Å². The number of carbonyl (C=O) groups is 1. The number of rotatable bonds is 5. The molecule has 1 amide bonds. The SMILES string of the molecule is CC(C)(C)OC(=O)N1C2CC1CN(c1nc3c(OCc4ccccc4)ccc(-c4nccs4)c3o1)C2. The number of ether oxygens (including phenoxy) is 2. The number of oxazole rings is 1. The topological polar surface area (TPSA) is 80.9 Å². The van der Waals surface area contributed by atoms with Crippen molar-refractivity contribution in [3.8, 4) is 16.3 Å². The van der Waals surface area contributed by atoms with Crippen LogP contribution in [0.2, 0.25) is 0 Å². The van der Waals surface area contributed by atoms with E-state index in [1.807, 2.05) is 73.5 Å². The van der Waals surface area contributed by atoms with Crippen LogP contribution in [0.4, 0.5) is 10.8 Å². The predicted molar refractivity (Wildman–Crippen MR) is 138 cm³/mol. The molecule has 2 aromatic carbocycles. The molecule has 3 saturated heterocycles. The van der Waals surface area contributed by atoms with Crippen LogP contribution >= 0.6 is 11.3 Å². The molecule has 2 bridgehead atoms. The second-order valence-corrected chi connectivity index (χ2v) is 11.1. The largest absolute Gasteiger partial charge is 0.486 e. The molecular weight excluding hydrogens is 476 g/mol. The van der Waals surface area contributed by atoms with E-state index in [1.54, 1.807) is 17.5 Å². The number of thiazole rings is 1. The number of fused-ring (bicyclic) bond motifs is 3. The summed E-state index contributed by atoms with van der Waals surface area (Å²) in [6.45, 7) is 7.41. The van der Waals surface area contributed by atoms with E-state index in [4.69, 9.17) is 18.9 Å². The van der Waals surface area contributed by atoms with Gasteiger partial charge in [-0.15, -0.1) is 11.3 Å². The van der Waals surface area contributed by atoms with E-state index in [0.29, 0.717) is 42.6 Å². The molecule has 0 saturated carbocycles. The van der Waals surface area contributed by atoms with Crippen LogP contribution in [0.5, 0.6) is 5.75 Å². The van der Waals surface area contributed by atoms with E-state index in [-0.39, 0.29) is 18.2 Å². The van der Waals surface area contributed by atoms with Gasteiger partial charge < -0.3 is 18.8 Å². The zero-order valence-electron chi connectivity index (χ0n) is 20.5. The van der Waals surface area contributed by atoms with Gasteiger partial charge in [0.15, 0.2) is 11.1 Å². The van der Waals surface area contributed by atoms with E-state index in [2.05, 4.69) is 9.88 Å². The summed E-state index contributed by atoms with van der Waals surface area (Å²) in [6, 6.07) is 14.7. The van der Waals surface area contributed by atoms with Crippen LogP contribution < -0.4 is 9.64 Å². The van der Waals surface area contributed by atoms with Gasteiger partial charge in [0.2, 0.25) is 0 Å². The lowest BCUT2D eigenvalue weighted by molar-refractivity contribution is -0.0386. The number of hydrogen-bond acceptors (Lipinski definition) is 8. The fourth-order valence-corrected chi connectivity index (χ4v) is 5.52. The van der Waals surface area contributed by atoms with Gasteiger partial charge in [-0.05, 0) is 44.9 Å². The molecule has 0 spiro atoms. The van der Waals surface area contributed by atoms with Crippen molar-refractivity contribution >= 4 is 34.5 Å². The molecule has 8 nitrogen and oxygen atoms in total. The summed E-state index contributed by atoms with van der Waals surface area (Å²) in [7, 11) is 0. The summed E-state index contributed by atoms with van der Waals surface area (Å²) in [6.07, 6.45) is 2.50. The highest BCUT2D eigenvalue weighted by molar-refractivity contribution is 7.13. The number of aromatic nitrogens is 2. The molecule has 36 heavy (non-hydrogen) atoms. The van der Waals surface area contributed by atoms with Crippen molar-refractivity contribution < 1.29 is 18.7 Å². The minimum atomic E-state index is -0.511. The highest BCUT2D eigenvalue weighted by Gasteiger charge is 2.49. The fourth-order valence-electron chi connectivity index (χ4n) is 4.86. The van der Waals surface area contributed by atoms with Gasteiger partial charge in [-0.25, -0.2) is 9.78 Å². The third-order valence-electron chi connectivity index (χ3n) is 6.46. The number of nitrogens with zero attached hydrogens (tertiary/aromatic N) is 4. The molecule has 5 heterocycles. The number of benzene rings is 2. The molecule has 3 aliphatic rings. The number of hydrogen-bond donors (Lipinski definition) is 0. The van der Waals surface area contributed by atoms with Crippen LogP contribution in [0.3, 0.4) is 0 Å². The average molecular weight is 505 g/mol. The number of carbonyl (C=O) groups excluding carboxylic acids is 1. The molecule has 2 unspecified atom stereocenters. The summed E-state index contributed by atoms with van der Waals surface area (Å²) in [5.74, 6) is 0.668. The van der Waals surface area contributed by atoms with Crippen LogP contribution in [0, 0.1) is 0 Å². The van der Waals surface area contributed by atoms with Crippen molar-refractivity contribution in [1.29, 1.82) is 0 Å². The Bertz CT molecular complexity index is 1370. The highest BCUT2D eigenvalue weighted by Crippen LogP contribution is 2.40. The fraction of sp³-hybridized carbons (Fsp3) is 0.370. The Morgan fingerprint density at radius 2 is 1.92 bits per heavy atom. The maximum absolute atomic E-state index is 12.7. The third kappa shape index (κ3) is 4.28. The molecule has 3 fully saturated rings. The number of amides is 1. The molecule has 0 radical (unpaired) electrons. The maximum Gasteiger partial charge on any atom is 0.410 e. The van der Waals surface area contributed by atoms with Gasteiger partial charge in [0.05, 0.1) is 17.6 Å². The normalized spacial score (nSPS) is 19.3. The van der Waals surface area contributed by atoms with Crippen molar-refractivity contribution in [2.45, 2.75) is 51.5 Å². The molecule has 2 atom stereocenters. The van der Waals surface area contributed by atoms with Gasteiger partial charge in [0.1, 0.15) is 23.0 Å². The van der Waals surface area contributed by atoms with E-state index in [1.165, 1.54) is 0 Å². The van der Waals surface area contributed by atoms with Crippen LogP contribution in [0.1, 0.15) is 32.8 Å². The van der Waals surface area contributed by atoms with Crippen LogP contribution in [0.25, 0.3) is 21.7 Å². The quantitative estimate of drug-likeness (QED) is 0.343. The number of piperidine rings is 1. The molecule has 7 rings (SSSR count). The average Bonchev–Trinajstić information content (AvgIpc) is 3.53. The Labute approximate surface area is 213 Å². The van der Waals surface area contributed by atoms with Crippen molar-refractivity contribution in [3.63, 3.8) is 0 Å². The van der Waals surface area contributed by atoms with Crippen molar-refractivity contribution in [2.75, 3.05) is 18.0 Å². The zero-order chi connectivity index (χ0) is 24.9. The molecule has 186 valence electrons. The van der Waals surface area contributed by atoms with Crippen LogP contribution in [-0.2, 0) is 11.3 Å². The summed E-state index contributed by atoms with van der Waals surface area (Å²) < 4.78 is 18.2. The molecule has 0 aliphatic carbocycles. The van der Waals surface area contributed by atoms with Gasteiger partial charge in [-0.3, -0.25) is 4.90 Å². The Morgan fingerprint density at radius 3 is 2.61 bits per heavy atom. The molecule has 2 aromatic heterocycles. The Kier molecular flexibility index (Phi) is 5.59. The first kappa shape index (κ1) is 22.8. The summed E-state index contributed by atoms with van der Waals surface area (Å²) in [5, 5.41) is 2.82. The van der Waals surface area contributed by atoms with Gasteiger partial charge >= 0.3 is 6.09 Å².